The number of alkyl halides is 2. The van der Waals surface area contributed by atoms with Gasteiger partial charge in [0, 0.05) is 17.2 Å². The van der Waals surface area contributed by atoms with E-state index in [9.17, 15) is 8.42 Å². The van der Waals surface area contributed by atoms with Crippen molar-refractivity contribution in [3.05, 3.63) is 24.2 Å². The third kappa shape index (κ3) is 2.86. The van der Waals surface area contributed by atoms with Crippen LogP contribution in [0.15, 0.2) is 23.0 Å². The maximum absolute atomic E-state index is 11.6. The van der Waals surface area contributed by atoms with Crippen LogP contribution in [0.1, 0.15) is 12.0 Å². The smallest absolute Gasteiger partial charge is 0.150 e. The lowest BCUT2D eigenvalue weighted by Crippen LogP contribution is -2.37. The molecule has 0 aliphatic carbocycles. The van der Waals surface area contributed by atoms with Gasteiger partial charge >= 0.3 is 0 Å². The number of halogens is 2. The van der Waals surface area contributed by atoms with Gasteiger partial charge in [0.1, 0.15) is 0 Å². The van der Waals surface area contributed by atoms with Gasteiger partial charge in [0.25, 0.3) is 0 Å². The molecule has 3 nitrogen and oxygen atoms in total. The lowest BCUT2D eigenvalue weighted by Gasteiger charge is -2.35. The van der Waals surface area contributed by atoms with Crippen LogP contribution >= 0.6 is 23.2 Å². The molecular formula is C12H16Cl2O3S. The zero-order chi connectivity index (χ0) is 13.2. The van der Waals surface area contributed by atoms with Crippen molar-refractivity contribution < 1.29 is 12.8 Å². The van der Waals surface area contributed by atoms with Crippen molar-refractivity contribution in [3.63, 3.8) is 0 Å². The highest BCUT2D eigenvalue weighted by atomic mass is 35.5. The minimum atomic E-state index is -2.92. The molecule has 0 N–H and O–H groups in total. The SMILES string of the molecule is O=S1(=O)CCC(C(CCl)(CCl)Cc2ccoc2)C1. The third-order valence-corrected chi connectivity index (χ3v) is 6.60. The topological polar surface area (TPSA) is 47.3 Å². The van der Waals surface area contributed by atoms with E-state index in [1.165, 1.54) is 0 Å². The number of furan rings is 1. The van der Waals surface area contributed by atoms with Crippen molar-refractivity contribution in [1.82, 2.24) is 0 Å². The van der Waals surface area contributed by atoms with Crippen molar-refractivity contribution >= 4 is 33.0 Å². The molecule has 1 aromatic heterocycles. The molecule has 1 atom stereocenters. The van der Waals surface area contributed by atoms with Crippen molar-refractivity contribution in [2.45, 2.75) is 12.8 Å². The van der Waals surface area contributed by atoms with E-state index in [0.717, 1.165) is 5.56 Å². The van der Waals surface area contributed by atoms with Crippen LogP contribution in [0.5, 0.6) is 0 Å². The summed E-state index contributed by atoms with van der Waals surface area (Å²) in [5, 5.41) is 0. The maximum Gasteiger partial charge on any atom is 0.150 e. The van der Waals surface area contributed by atoms with Crippen LogP contribution < -0.4 is 0 Å². The Morgan fingerprint density at radius 2 is 2.11 bits per heavy atom. The molecule has 102 valence electrons. The summed E-state index contributed by atoms with van der Waals surface area (Å²) in [4.78, 5) is 0. The van der Waals surface area contributed by atoms with E-state index < -0.39 is 9.84 Å². The van der Waals surface area contributed by atoms with Crippen molar-refractivity contribution in [1.29, 1.82) is 0 Å². The third-order valence-electron chi connectivity index (χ3n) is 3.77. The van der Waals surface area contributed by atoms with Gasteiger partial charge in [-0.1, -0.05) is 0 Å². The summed E-state index contributed by atoms with van der Waals surface area (Å²) in [6.45, 7) is 0. The molecule has 6 heteroatoms. The molecule has 0 bridgehead atoms. The Bertz CT molecular complexity index is 477. The van der Waals surface area contributed by atoms with Gasteiger partial charge in [-0.05, 0) is 30.4 Å². The monoisotopic (exact) mass is 310 g/mol. The van der Waals surface area contributed by atoms with Gasteiger partial charge < -0.3 is 4.42 Å². The molecule has 1 unspecified atom stereocenters. The first-order valence-corrected chi connectivity index (χ1v) is 8.74. The van der Waals surface area contributed by atoms with Gasteiger partial charge in [0.15, 0.2) is 9.84 Å². The average molecular weight is 311 g/mol. The Balaban J connectivity index is 2.21. The quantitative estimate of drug-likeness (QED) is 0.786. The van der Waals surface area contributed by atoms with Crippen molar-refractivity contribution in [2.24, 2.45) is 11.3 Å². The fourth-order valence-corrected chi connectivity index (χ4v) is 5.43. The summed E-state index contributed by atoms with van der Waals surface area (Å²) in [5.41, 5.74) is 0.650. The van der Waals surface area contributed by atoms with Crippen molar-refractivity contribution in [2.75, 3.05) is 23.3 Å². The molecule has 0 saturated carbocycles. The highest BCUT2D eigenvalue weighted by Crippen LogP contribution is 2.41. The molecule has 0 aromatic carbocycles. The molecule has 1 aliphatic rings. The summed E-state index contributed by atoms with van der Waals surface area (Å²) >= 11 is 12.2. The molecule has 2 rings (SSSR count). The number of hydrogen-bond donors (Lipinski definition) is 0. The second kappa shape index (κ2) is 5.43. The summed E-state index contributed by atoms with van der Waals surface area (Å²) in [5.74, 6) is 1.21. The standard InChI is InChI=1S/C12H16Cl2O3S/c13-8-12(9-14,5-10-1-3-17-6-10)11-2-4-18(15,16)7-11/h1,3,6,11H,2,4-5,7-9H2. The Morgan fingerprint density at radius 3 is 2.56 bits per heavy atom. The van der Waals surface area contributed by atoms with E-state index in [2.05, 4.69) is 0 Å². The van der Waals surface area contributed by atoms with Crippen molar-refractivity contribution in [3.8, 4) is 0 Å². The predicted octanol–water partition coefficient (Wildman–Crippen LogP) is 2.72. The summed E-state index contributed by atoms with van der Waals surface area (Å²) in [7, 11) is -2.92. The highest BCUT2D eigenvalue weighted by molar-refractivity contribution is 7.91. The molecule has 1 fully saturated rings. The molecule has 0 radical (unpaired) electrons. The lowest BCUT2D eigenvalue weighted by atomic mass is 9.74. The molecule has 2 heterocycles. The molecule has 0 spiro atoms. The summed E-state index contributed by atoms with van der Waals surface area (Å²) in [6, 6.07) is 1.87. The minimum Gasteiger partial charge on any atom is -0.472 e. The van der Waals surface area contributed by atoms with Crippen LogP contribution in [0.2, 0.25) is 0 Å². The number of sulfone groups is 1. The Hall–Kier alpha value is -0.190. The van der Waals surface area contributed by atoms with Crippen LogP contribution in [0.25, 0.3) is 0 Å². The molecular weight excluding hydrogens is 295 g/mol. The Kier molecular flexibility index (Phi) is 4.29. The van der Waals surface area contributed by atoms with E-state index in [1.54, 1.807) is 12.5 Å². The van der Waals surface area contributed by atoms with Gasteiger partial charge in [-0.3, -0.25) is 0 Å². The maximum atomic E-state index is 11.6. The fourth-order valence-electron chi connectivity index (χ4n) is 2.57. The first-order chi connectivity index (χ1) is 8.51. The summed E-state index contributed by atoms with van der Waals surface area (Å²) < 4.78 is 28.3. The number of hydrogen-bond acceptors (Lipinski definition) is 3. The van der Waals surface area contributed by atoms with Gasteiger partial charge in [0.05, 0.1) is 24.0 Å². The van der Waals surface area contributed by atoms with Crippen LogP contribution in [0, 0.1) is 11.3 Å². The van der Waals surface area contributed by atoms with Crippen LogP contribution in [-0.2, 0) is 16.3 Å². The molecule has 0 amide bonds. The van der Waals surface area contributed by atoms with Crippen LogP contribution in [-0.4, -0.2) is 31.7 Å². The van der Waals surface area contributed by atoms with Gasteiger partial charge in [-0.25, -0.2) is 8.42 Å². The Labute approximate surface area is 117 Å². The molecule has 1 aromatic rings. The van der Waals surface area contributed by atoms with Gasteiger partial charge in [0.2, 0.25) is 0 Å². The zero-order valence-corrected chi connectivity index (χ0v) is 12.3. The Morgan fingerprint density at radius 1 is 1.39 bits per heavy atom. The normalized spacial score (nSPS) is 23.3. The molecule has 1 aliphatic heterocycles. The second-order valence-electron chi connectivity index (χ2n) is 5.04. The number of rotatable bonds is 5. The van der Waals surface area contributed by atoms with E-state index >= 15 is 0 Å². The van der Waals surface area contributed by atoms with Gasteiger partial charge in [-0.2, -0.15) is 0 Å². The zero-order valence-electron chi connectivity index (χ0n) is 9.94. The lowest BCUT2D eigenvalue weighted by molar-refractivity contribution is 0.244. The predicted molar refractivity (Wildman–Crippen MR) is 73.0 cm³/mol. The van der Waals surface area contributed by atoms with E-state index in [4.69, 9.17) is 27.6 Å². The van der Waals surface area contributed by atoms with E-state index in [-0.39, 0.29) is 22.8 Å². The largest absolute Gasteiger partial charge is 0.472 e. The fraction of sp³-hybridized carbons (Fsp3) is 0.667. The first kappa shape index (κ1) is 14.2. The van der Waals surface area contributed by atoms with Crippen LogP contribution in [0.4, 0.5) is 0 Å². The first-order valence-electron chi connectivity index (χ1n) is 5.85. The molecule has 18 heavy (non-hydrogen) atoms. The molecule has 1 saturated heterocycles. The van der Waals surface area contributed by atoms with Crippen LogP contribution in [0.3, 0.4) is 0 Å². The van der Waals surface area contributed by atoms with Gasteiger partial charge in [-0.15, -0.1) is 23.2 Å². The second-order valence-corrected chi connectivity index (χ2v) is 7.80. The average Bonchev–Trinajstić information content (AvgIpc) is 2.95. The minimum absolute atomic E-state index is 0.0346. The van der Waals surface area contributed by atoms with E-state index in [1.807, 2.05) is 6.07 Å². The van der Waals surface area contributed by atoms with E-state index in [0.29, 0.717) is 24.6 Å². The summed E-state index contributed by atoms with van der Waals surface area (Å²) in [6.07, 6.45) is 4.58. The highest BCUT2D eigenvalue weighted by Gasteiger charge is 2.43.